The van der Waals surface area contributed by atoms with E-state index in [1.807, 2.05) is 97.1 Å². The molecule has 496 valence electrons. The molecule has 4 aromatic carbocycles. The number of rotatable bonds is 32. The molecule has 0 bridgehead atoms. The van der Waals surface area contributed by atoms with Crippen molar-refractivity contribution in [3.8, 4) is 0 Å². The molecule has 0 atom stereocenters. The Balaban J connectivity index is 1.02. The molecule has 12 rings (SSSR count). The number of nitrogens with two attached hydrogens (primary N) is 3. The number of aromatic nitrogens is 2. The molecule has 8 N–H and O–H groups in total. The molecule has 2 amide bonds. The van der Waals surface area contributed by atoms with Gasteiger partial charge in [0.2, 0.25) is 0 Å². The number of benzene rings is 4. The number of quaternary nitrogens is 1. The second-order valence-electron chi connectivity index (χ2n) is 25.3. The van der Waals surface area contributed by atoms with E-state index in [0.29, 0.717) is 70.9 Å². The molecule has 0 saturated heterocycles. The molecule has 6 aliphatic rings. The zero-order valence-corrected chi connectivity index (χ0v) is 56.9. The van der Waals surface area contributed by atoms with Crippen molar-refractivity contribution >= 4 is 129 Å². The normalized spacial score (nSPS) is 17.5. The summed E-state index contributed by atoms with van der Waals surface area (Å²) in [5, 5.41) is 9.07. The van der Waals surface area contributed by atoms with Gasteiger partial charge in [0.05, 0.1) is 10.1 Å². The van der Waals surface area contributed by atoms with Crippen molar-refractivity contribution < 1.29 is 83.5 Å². The first-order valence-corrected chi connectivity index (χ1v) is 43.9. The molecular weight excluding hydrogens is 1320 g/mol. The van der Waals surface area contributed by atoms with Gasteiger partial charge in [-0.15, -0.1) is 0 Å². The standard InChI is InChI=1S/C57H72N14O16S3Si3/c1-91(2,34-13-26-61-47(72)36-71(28-15-31-88(75,76)77,29-16-32-89(78,79)84-59)30-17-33-90(80,81)85-60)86-93(87-92(3,4)35-14-27-62-48(73)37-82-38-49(74)83-58)67-50-39-18-5-6-19-40(39)51(67)64-53-43-22-9-10-23-44(43)55(69(53)93)66-57-46-25-12-11-24-45(46)56(70(57)93)65-54-42-21-8-7-20-41(42)52(63-50)68(54)93/h5-12,18-25H,13-17,26-38,58-60H2,1-4H3,(H2-,61,62,72,73,75,76,77). The number of ether oxygens (including phenoxy) is 1. The number of carbonyl (C=O) groups excluding carboxylic acids is 3. The van der Waals surface area contributed by atoms with Crippen LogP contribution >= 0.6 is 0 Å². The van der Waals surface area contributed by atoms with Gasteiger partial charge in [0.15, 0.2) is 0 Å². The Morgan fingerprint density at radius 3 is 1.42 bits per heavy atom. The van der Waals surface area contributed by atoms with E-state index in [-0.39, 0.29) is 63.0 Å². The molecule has 1 spiro atoms. The Hall–Kier alpha value is -7.25. The number of nitrogens with zero attached hydrogens (tertiary/aromatic N) is 9. The van der Waals surface area contributed by atoms with Crippen LogP contribution in [0.3, 0.4) is 0 Å². The van der Waals surface area contributed by atoms with Gasteiger partial charge in [0, 0.05) is 0 Å². The van der Waals surface area contributed by atoms with Crippen molar-refractivity contribution in [1.82, 2.24) is 19.1 Å². The van der Waals surface area contributed by atoms with Gasteiger partial charge in [0.25, 0.3) is 20.2 Å². The monoisotopic (exact) mass is 1390 g/mol. The number of amides is 2. The fourth-order valence-corrected chi connectivity index (χ4v) is 38.7. The summed E-state index contributed by atoms with van der Waals surface area (Å²) in [4.78, 5) is 66.7. The Morgan fingerprint density at radius 1 is 0.559 bits per heavy atom. The van der Waals surface area contributed by atoms with E-state index in [1.165, 1.54) is 0 Å². The molecule has 36 heteroatoms. The van der Waals surface area contributed by atoms with Gasteiger partial charge in [0.1, 0.15) is 0 Å². The van der Waals surface area contributed by atoms with Gasteiger partial charge in [-0.05, 0) is 0 Å². The maximum absolute atomic E-state index is 14.6. The molecular formula is C57H72N14O16S3Si3. The van der Waals surface area contributed by atoms with E-state index in [1.54, 1.807) is 0 Å². The van der Waals surface area contributed by atoms with Gasteiger partial charge in [-0.1, -0.05) is 0 Å². The number of fused-ring (bicyclic) bond motifs is 12. The van der Waals surface area contributed by atoms with Crippen LogP contribution in [-0.4, -0.2) is 187 Å². The fourth-order valence-electron chi connectivity index (χ4n) is 14.8. The van der Waals surface area contributed by atoms with E-state index in [9.17, 15) is 48.3 Å². The molecule has 2 aromatic heterocycles. The van der Waals surface area contributed by atoms with Crippen molar-refractivity contribution in [3.05, 3.63) is 130 Å². The minimum absolute atomic E-state index is 0.0608. The summed E-state index contributed by atoms with van der Waals surface area (Å²) in [5.41, 5.74) is 4.12. The van der Waals surface area contributed by atoms with Gasteiger partial charge >= 0.3 is 453 Å². The summed E-state index contributed by atoms with van der Waals surface area (Å²) >= 11 is 0. The SMILES string of the molecule is C[Si](C)(CCCNC(=O)COCC(=O)ON)O[Si-2]123(O[Si](C)(C)CCCNC(=O)C[N+](CCCS(=O)(=O)[O-])(CCCS(=O)(=O)ON)CCCS(=O)(=O)ON)n4c5c6ccccc6c4N=C4c6ccccc6C(=[N+]41)N=c1c4ccccc4c(n12)=NC1=[N+]3C(=N5)c2ccccc21. The van der Waals surface area contributed by atoms with Gasteiger partial charge < -0.3 is 4.55 Å². The number of nitrogens with one attached hydrogen (secondary N) is 2. The summed E-state index contributed by atoms with van der Waals surface area (Å²) in [6.45, 7) is 7.14. The molecule has 0 fully saturated rings. The summed E-state index contributed by atoms with van der Waals surface area (Å²) in [5.74, 6) is 14.4. The minimum atomic E-state index is -7.21. The summed E-state index contributed by atoms with van der Waals surface area (Å²) in [6.07, 6.45) is 0.195. The van der Waals surface area contributed by atoms with Crippen LogP contribution < -0.4 is 39.3 Å². The third-order valence-corrected chi connectivity index (χ3v) is 37.7. The molecule has 93 heavy (non-hydrogen) atoms. The second kappa shape index (κ2) is 23.6. The summed E-state index contributed by atoms with van der Waals surface area (Å²) in [6, 6.07) is 32.7. The second-order valence-corrected chi connectivity index (χ2v) is 44.5. The number of aliphatic imine (C=N–C) groups is 2. The van der Waals surface area contributed by atoms with Crippen molar-refractivity contribution in [1.29, 1.82) is 0 Å². The first kappa shape index (κ1) is 65.8. The van der Waals surface area contributed by atoms with E-state index in [2.05, 4.69) is 67.2 Å². The van der Waals surface area contributed by atoms with Crippen LogP contribution in [0.4, 0.5) is 11.6 Å². The fraction of sp³-hybridized carbons (Fsp3) is 0.386. The number of carbonyl (C=O) groups is 3. The van der Waals surface area contributed by atoms with Crippen molar-refractivity contribution in [3.63, 3.8) is 0 Å². The van der Waals surface area contributed by atoms with E-state index in [0.717, 1.165) is 43.8 Å². The number of hydrogen-bond donors (Lipinski definition) is 5. The molecule has 30 nitrogen and oxygen atoms in total. The zero-order valence-electron chi connectivity index (χ0n) is 51.5. The third-order valence-electron chi connectivity index (χ3n) is 18.1. The number of amidine groups is 4. The molecule has 0 unspecified atom stereocenters. The maximum atomic E-state index is 14.6. The van der Waals surface area contributed by atoms with Gasteiger partial charge in [-0.2, -0.15) is 43.1 Å². The van der Waals surface area contributed by atoms with Crippen molar-refractivity contribution in [2.75, 3.05) is 69.7 Å². The predicted octanol–water partition coefficient (Wildman–Crippen LogP) is 1.19. The van der Waals surface area contributed by atoms with Crippen LogP contribution in [0.15, 0.2) is 117 Å². The predicted molar refractivity (Wildman–Crippen MR) is 346 cm³/mol. The molecule has 0 saturated carbocycles. The molecule has 6 aromatic rings. The molecule has 0 aliphatic carbocycles. The van der Waals surface area contributed by atoms with Crippen LogP contribution in [0.2, 0.25) is 38.3 Å². The average molecular weight is 1390 g/mol. The van der Waals surface area contributed by atoms with E-state index < -0.39 is 103 Å². The Morgan fingerprint density at radius 2 is 0.978 bits per heavy atom. The Kier molecular flexibility index (Phi) is 16.7. The van der Waals surface area contributed by atoms with Crippen LogP contribution in [0, 0.1) is 0 Å². The van der Waals surface area contributed by atoms with Crippen molar-refractivity contribution in [2.24, 2.45) is 37.7 Å². The van der Waals surface area contributed by atoms with Crippen molar-refractivity contribution in [2.45, 2.75) is 70.4 Å². The van der Waals surface area contributed by atoms with Crippen LogP contribution in [0.5, 0.6) is 0 Å². The van der Waals surface area contributed by atoms with Crippen LogP contribution in [0.25, 0.3) is 21.5 Å². The first-order valence-electron chi connectivity index (χ1n) is 30.3. The summed E-state index contributed by atoms with van der Waals surface area (Å²) in [7, 11) is -27.5. The van der Waals surface area contributed by atoms with Crippen LogP contribution in [-0.2, 0) is 71.1 Å². The Labute approximate surface area is 536 Å². The van der Waals surface area contributed by atoms with Crippen LogP contribution in [0.1, 0.15) is 54.4 Å². The average Bonchev–Trinajstić information content (AvgIpc) is 1.50. The molecule has 0 radical (unpaired) electrons. The molecule has 6 aliphatic heterocycles. The Bertz CT molecular complexity index is 4610. The van der Waals surface area contributed by atoms with E-state index in [4.69, 9.17) is 46.5 Å². The topological polar surface area (TPSA) is 400 Å². The quantitative estimate of drug-likeness (QED) is 0.0130. The van der Waals surface area contributed by atoms with E-state index >= 15 is 0 Å². The molecule has 8 heterocycles. The summed E-state index contributed by atoms with van der Waals surface area (Å²) < 4.78 is 126. The van der Waals surface area contributed by atoms with Gasteiger partial charge in [-0.25, -0.2) is 8.42 Å². The third kappa shape index (κ3) is 10.8. The van der Waals surface area contributed by atoms with Gasteiger partial charge in [-0.3, -0.25) is 0 Å². The number of hydrogen-bond acceptors (Lipinski definition) is 23. The zero-order chi connectivity index (χ0) is 66.2. The first-order chi connectivity index (χ1) is 44.1.